The van der Waals surface area contributed by atoms with E-state index in [0.29, 0.717) is 12.5 Å². The van der Waals surface area contributed by atoms with Crippen molar-refractivity contribution in [1.29, 1.82) is 0 Å². The molecule has 0 fully saturated rings. The molecule has 0 bridgehead atoms. The third kappa shape index (κ3) is 3.90. The van der Waals surface area contributed by atoms with E-state index in [1.807, 2.05) is 31.2 Å². The van der Waals surface area contributed by atoms with E-state index in [0.717, 1.165) is 11.3 Å². The van der Waals surface area contributed by atoms with Crippen molar-refractivity contribution in [3.8, 4) is 0 Å². The molecule has 1 N–H and O–H groups in total. The number of rotatable bonds is 5. The van der Waals surface area contributed by atoms with Gasteiger partial charge in [0.1, 0.15) is 6.61 Å². The summed E-state index contributed by atoms with van der Waals surface area (Å²) in [4.78, 5) is 11.4. The summed E-state index contributed by atoms with van der Waals surface area (Å²) in [5.41, 5.74) is 1.65. The van der Waals surface area contributed by atoms with E-state index in [1.54, 1.807) is 0 Å². The summed E-state index contributed by atoms with van der Waals surface area (Å²) in [6.07, 6.45) is 0. The first-order valence-electron chi connectivity index (χ1n) is 4.79. The molecule has 0 aliphatic heterocycles. The van der Waals surface area contributed by atoms with Gasteiger partial charge in [-0.15, -0.1) is 11.6 Å². The molecule has 0 atom stereocenters. The molecule has 0 unspecified atom stereocenters. The maximum Gasteiger partial charge on any atom is 0.250 e. The second-order valence-electron chi connectivity index (χ2n) is 2.98. The lowest BCUT2D eigenvalue weighted by Crippen LogP contribution is -2.18. The zero-order valence-electron chi connectivity index (χ0n) is 8.63. The lowest BCUT2D eigenvalue weighted by atomic mass is 10.2. The van der Waals surface area contributed by atoms with Gasteiger partial charge in [0.05, 0.1) is 0 Å². The van der Waals surface area contributed by atoms with Gasteiger partial charge in [0, 0.05) is 18.2 Å². The molecule has 3 nitrogen and oxygen atoms in total. The van der Waals surface area contributed by atoms with Crippen LogP contribution >= 0.6 is 11.6 Å². The molecule has 1 rings (SSSR count). The van der Waals surface area contributed by atoms with Crippen LogP contribution in [0.15, 0.2) is 24.3 Å². The Balaban J connectivity index is 2.59. The zero-order chi connectivity index (χ0) is 11.1. The molecule has 1 aromatic rings. The first-order valence-corrected chi connectivity index (χ1v) is 5.32. The topological polar surface area (TPSA) is 38.3 Å². The SMILES string of the molecule is CCOCC(=O)Nc1ccccc1CCl. The molecule has 0 aliphatic carbocycles. The summed E-state index contributed by atoms with van der Waals surface area (Å²) >= 11 is 5.74. The number of hydrogen-bond acceptors (Lipinski definition) is 2. The van der Waals surface area contributed by atoms with Crippen molar-refractivity contribution < 1.29 is 9.53 Å². The fraction of sp³-hybridized carbons (Fsp3) is 0.364. The van der Waals surface area contributed by atoms with Gasteiger partial charge in [-0.05, 0) is 18.6 Å². The Morgan fingerprint density at radius 3 is 2.87 bits per heavy atom. The highest BCUT2D eigenvalue weighted by Crippen LogP contribution is 2.16. The minimum absolute atomic E-state index is 0.0765. The fourth-order valence-corrected chi connectivity index (χ4v) is 1.37. The highest BCUT2D eigenvalue weighted by atomic mass is 35.5. The van der Waals surface area contributed by atoms with Gasteiger partial charge in [-0.3, -0.25) is 4.79 Å². The van der Waals surface area contributed by atoms with Crippen molar-refractivity contribution in [2.45, 2.75) is 12.8 Å². The Morgan fingerprint density at radius 1 is 1.47 bits per heavy atom. The van der Waals surface area contributed by atoms with Gasteiger partial charge >= 0.3 is 0 Å². The summed E-state index contributed by atoms with van der Waals surface area (Å²) < 4.78 is 5.00. The number of alkyl halides is 1. The fourth-order valence-electron chi connectivity index (χ4n) is 1.14. The van der Waals surface area contributed by atoms with Crippen LogP contribution in [0.3, 0.4) is 0 Å². The molecule has 1 aromatic carbocycles. The van der Waals surface area contributed by atoms with Crippen LogP contribution in [0.25, 0.3) is 0 Å². The Bertz CT molecular complexity index is 328. The van der Waals surface area contributed by atoms with Crippen molar-refractivity contribution in [2.75, 3.05) is 18.5 Å². The lowest BCUT2D eigenvalue weighted by Gasteiger charge is -2.08. The van der Waals surface area contributed by atoms with Gasteiger partial charge in [0.15, 0.2) is 0 Å². The van der Waals surface area contributed by atoms with Gasteiger partial charge in [0.25, 0.3) is 0 Å². The summed E-state index contributed by atoms with van der Waals surface area (Å²) in [5, 5.41) is 2.75. The van der Waals surface area contributed by atoms with E-state index in [2.05, 4.69) is 5.32 Å². The minimum atomic E-state index is -0.158. The van der Waals surface area contributed by atoms with Crippen LogP contribution in [-0.2, 0) is 15.4 Å². The first kappa shape index (κ1) is 12.0. The second-order valence-corrected chi connectivity index (χ2v) is 3.24. The number of ether oxygens (including phenoxy) is 1. The lowest BCUT2D eigenvalue weighted by molar-refractivity contribution is -0.120. The van der Waals surface area contributed by atoms with Crippen LogP contribution in [0, 0.1) is 0 Å². The number of hydrogen-bond donors (Lipinski definition) is 1. The van der Waals surface area contributed by atoms with Crippen LogP contribution in [0.2, 0.25) is 0 Å². The van der Waals surface area contributed by atoms with Gasteiger partial charge in [-0.1, -0.05) is 18.2 Å². The molecule has 0 radical (unpaired) electrons. The van der Waals surface area contributed by atoms with Crippen molar-refractivity contribution in [2.24, 2.45) is 0 Å². The molecule has 0 saturated heterocycles. The minimum Gasteiger partial charge on any atom is -0.372 e. The van der Waals surface area contributed by atoms with Crippen LogP contribution < -0.4 is 5.32 Å². The number of anilines is 1. The normalized spacial score (nSPS) is 10.0. The maximum atomic E-state index is 11.4. The Kier molecular flexibility index (Phi) is 5.15. The summed E-state index contributed by atoms with van der Waals surface area (Å²) in [5.74, 6) is 0.222. The molecule has 1 amide bonds. The van der Waals surface area contributed by atoms with Crippen LogP contribution in [0.1, 0.15) is 12.5 Å². The van der Waals surface area contributed by atoms with Gasteiger partial charge in [-0.25, -0.2) is 0 Å². The van der Waals surface area contributed by atoms with Crippen LogP contribution in [0.5, 0.6) is 0 Å². The molecule has 0 aliphatic rings. The van der Waals surface area contributed by atoms with Gasteiger partial charge < -0.3 is 10.1 Å². The maximum absolute atomic E-state index is 11.4. The van der Waals surface area contributed by atoms with E-state index in [1.165, 1.54) is 0 Å². The number of carbonyl (C=O) groups is 1. The predicted octanol–water partition coefficient (Wildman–Crippen LogP) is 2.40. The molecule has 0 saturated carbocycles. The summed E-state index contributed by atoms with van der Waals surface area (Å²) in [6, 6.07) is 7.44. The second kappa shape index (κ2) is 6.43. The van der Waals surface area contributed by atoms with Crippen molar-refractivity contribution in [1.82, 2.24) is 0 Å². The first-order chi connectivity index (χ1) is 7.27. The Labute approximate surface area is 94.4 Å². The van der Waals surface area contributed by atoms with E-state index < -0.39 is 0 Å². The highest BCUT2D eigenvalue weighted by molar-refractivity contribution is 6.17. The average molecular weight is 228 g/mol. The standard InChI is InChI=1S/C11H14ClNO2/c1-2-15-8-11(14)13-10-6-4-3-5-9(10)7-12/h3-6H,2,7-8H2,1H3,(H,13,14). The van der Waals surface area contributed by atoms with Crippen LogP contribution in [0.4, 0.5) is 5.69 Å². The van der Waals surface area contributed by atoms with Gasteiger partial charge in [0.2, 0.25) is 5.91 Å². The van der Waals surface area contributed by atoms with Crippen molar-refractivity contribution in [3.05, 3.63) is 29.8 Å². The third-order valence-corrected chi connectivity index (χ3v) is 2.16. The highest BCUT2D eigenvalue weighted by Gasteiger charge is 2.05. The summed E-state index contributed by atoms with van der Waals surface area (Å²) in [6.45, 7) is 2.46. The molecule has 15 heavy (non-hydrogen) atoms. The van der Waals surface area contributed by atoms with Crippen molar-refractivity contribution >= 4 is 23.2 Å². The molecular weight excluding hydrogens is 214 g/mol. The predicted molar refractivity (Wildman–Crippen MR) is 61.1 cm³/mol. The number of halogens is 1. The monoisotopic (exact) mass is 227 g/mol. The smallest absolute Gasteiger partial charge is 0.250 e. The number of carbonyl (C=O) groups excluding carboxylic acids is 1. The van der Waals surface area contributed by atoms with Crippen LogP contribution in [-0.4, -0.2) is 19.1 Å². The van der Waals surface area contributed by atoms with Crippen molar-refractivity contribution in [3.63, 3.8) is 0 Å². The third-order valence-electron chi connectivity index (χ3n) is 1.87. The number of para-hydroxylation sites is 1. The molecular formula is C11H14ClNO2. The van der Waals surface area contributed by atoms with E-state index in [9.17, 15) is 4.79 Å². The van der Waals surface area contributed by atoms with E-state index in [-0.39, 0.29) is 12.5 Å². The molecule has 4 heteroatoms. The largest absolute Gasteiger partial charge is 0.372 e. The Morgan fingerprint density at radius 2 is 2.20 bits per heavy atom. The molecule has 0 spiro atoms. The Hall–Kier alpha value is -1.06. The summed E-state index contributed by atoms with van der Waals surface area (Å²) in [7, 11) is 0. The average Bonchev–Trinajstić information content (AvgIpc) is 2.27. The molecule has 0 heterocycles. The zero-order valence-corrected chi connectivity index (χ0v) is 9.38. The number of nitrogens with one attached hydrogen (secondary N) is 1. The molecule has 82 valence electrons. The quantitative estimate of drug-likeness (QED) is 0.785. The van der Waals surface area contributed by atoms with E-state index >= 15 is 0 Å². The number of amides is 1. The molecule has 0 aromatic heterocycles. The number of benzene rings is 1. The van der Waals surface area contributed by atoms with E-state index in [4.69, 9.17) is 16.3 Å². The van der Waals surface area contributed by atoms with Gasteiger partial charge in [-0.2, -0.15) is 0 Å².